The molecule has 0 saturated carbocycles. The smallest absolute Gasteiger partial charge is 0.209 e. The zero-order valence-corrected chi connectivity index (χ0v) is 18.1. The lowest BCUT2D eigenvalue weighted by Crippen LogP contribution is -2.29. The van der Waals surface area contributed by atoms with Gasteiger partial charge in [0.2, 0.25) is 10.0 Å². The van der Waals surface area contributed by atoms with Crippen molar-refractivity contribution >= 4 is 10.0 Å². The van der Waals surface area contributed by atoms with Gasteiger partial charge in [-0.3, -0.25) is 0 Å². The summed E-state index contributed by atoms with van der Waals surface area (Å²) < 4.78 is 26.9. The molecule has 27 heavy (non-hydrogen) atoms. The van der Waals surface area contributed by atoms with Crippen LogP contribution in [0.2, 0.25) is 0 Å². The van der Waals surface area contributed by atoms with Crippen LogP contribution in [0.5, 0.6) is 5.75 Å². The second kappa shape index (κ2) is 7.28. The Bertz CT molecular complexity index is 870. The molecule has 2 aromatic rings. The highest BCUT2D eigenvalue weighted by Gasteiger charge is 2.29. The molecule has 1 unspecified atom stereocenters. The molecular weight excluding hydrogens is 358 g/mol. The fraction of sp³-hybridized carbons (Fsp3) is 0.455. The average molecular weight is 390 g/mol. The van der Waals surface area contributed by atoms with Crippen LogP contribution < -0.4 is 4.72 Å². The van der Waals surface area contributed by atoms with Crippen molar-refractivity contribution in [1.29, 1.82) is 0 Å². The van der Waals surface area contributed by atoms with Crippen LogP contribution in [0.3, 0.4) is 0 Å². The molecule has 1 atom stereocenters. The van der Waals surface area contributed by atoms with E-state index in [1.54, 1.807) is 0 Å². The summed E-state index contributed by atoms with van der Waals surface area (Å²) in [4.78, 5) is 0. The SMILES string of the molecule is CC(C)(C)c1cc(C(NS(C)(=O)=O)c2ccccc2)cc(C(C)(C)C)c1O. The van der Waals surface area contributed by atoms with Gasteiger partial charge in [-0.1, -0.05) is 71.9 Å². The average Bonchev–Trinajstić information content (AvgIpc) is 2.51. The van der Waals surface area contributed by atoms with Gasteiger partial charge in [0.05, 0.1) is 12.3 Å². The number of hydrogen-bond donors (Lipinski definition) is 2. The summed E-state index contributed by atoms with van der Waals surface area (Å²) in [5.74, 6) is 0.282. The zero-order chi connectivity index (χ0) is 20.6. The van der Waals surface area contributed by atoms with E-state index >= 15 is 0 Å². The predicted octanol–water partition coefficient (Wildman–Crippen LogP) is 4.63. The maximum absolute atomic E-state index is 12.1. The molecule has 0 fully saturated rings. The Morgan fingerprint density at radius 2 is 1.30 bits per heavy atom. The van der Waals surface area contributed by atoms with Crippen molar-refractivity contribution in [3.05, 3.63) is 64.7 Å². The number of phenols is 1. The van der Waals surface area contributed by atoms with Crippen LogP contribution in [0.4, 0.5) is 0 Å². The van der Waals surface area contributed by atoms with E-state index in [0.717, 1.165) is 22.3 Å². The van der Waals surface area contributed by atoms with Crippen LogP contribution in [0.1, 0.15) is 69.8 Å². The van der Waals surface area contributed by atoms with Crippen molar-refractivity contribution in [2.24, 2.45) is 0 Å². The first kappa shape index (κ1) is 21.5. The maximum Gasteiger partial charge on any atom is 0.209 e. The van der Waals surface area contributed by atoms with Gasteiger partial charge in [-0.05, 0) is 45.2 Å². The van der Waals surface area contributed by atoms with Crippen molar-refractivity contribution in [3.8, 4) is 5.75 Å². The lowest BCUT2D eigenvalue weighted by atomic mass is 9.77. The minimum atomic E-state index is -3.44. The van der Waals surface area contributed by atoms with Crippen LogP contribution in [0.15, 0.2) is 42.5 Å². The Labute approximate surface area is 163 Å². The predicted molar refractivity (Wildman–Crippen MR) is 112 cm³/mol. The molecule has 0 aliphatic carbocycles. The maximum atomic E-state index is 12.1. The highest BCUT2D eigenvalue weighted by atomic mass is 32.2. The molecule has 0 saturated heterocycles. The summed E-state index contributed by atoms with van der Waals surface area (Å²) in [5, 5.41) is 10.9. The molecule has 4 nitrogen and oxygen atoms in total. The molecule has 0 amide bonds. The second-order valence-electron chi connectivity index (χ2n) is 9.20. The Morgan fingerprint density at radius 1 is 0.852 bits per heavy atom. The van der Waals surface area contributed by atoms with Crippen LogP contribution >= 0.6 is 0 Å². The van der Waals surface area contributed by atoms with Crippen molar-refractivity contribution in [2.45, 2.75) is 58.4 Å². The number of hydrogen-bond acceptors (Lipinski definition) is 3. The van der Waals surface area contributed by atoms with E-state index in [2.05, 4.69) is 4.72 Å². The van der Waals surface area contributed by atoms with Crippen LogP contribution in [0, 0.1) is 0 Å². The fourth-order valence-electron chi connectivity index (χ4n) is 3.15. The first-order valence-corrected chi connectivity index (χ1v) is 11.0. The number of phenolic OH excluding ortho intramolecular Hbond substituents is 1. The Morgan fingerprint density at radius 3 is 1.67 bits per heavy atom. The number of sulfonamides is 1. The summed E-state index contributed by atoms with van der Waals surface area (Å²) in [6, 6.07) is 12.8. The largest absolute Gasteiger partial charge is 0.507 e. The fourth-order valence-corrected chi connectivity index (χ4v) is 3.86. The van der Waals surface area contributed by atoms with Crippen LogP contribution in [-0.4, -0.2) is 19.8 Å². The molecule has 0 bridgehead atoms. The Balaban J connectivity index is 2.79. The van der Waals surface area contributed by atoms with Gasteiger partial charge >= 0.3 is 0 Å². The summed E-state index contributed by atoms with van der Waals surface area (Å²) in [6.45, 7) is 12.2. The van der Waals surface area contributed by atoms with Gasteiger partial charge in [0.1, 0.15) is 5.75 Å². The van der Waals surface area contributed by atoms with E-state index in [4.69, 9.17) is 0 Å². The summed E-state index contributed by atoms with van der Waals surface area (Å²) in [5.41, 5.74) is 2.72. The van der Waals surface area contributed by atoms with Crippen molar-refractivity contribution in [2.75, 3.05) is 6.26 Å². The molecule has 0 aliphatic heterocycles. The van der Waals surface area contributed by atoms with Crippen LogP contribution in [-0.2, 0) is 20.9 Å². The molecule has 148 valence electrons. The van der Waals surface area contributed by atoms with E-state index in [-0.39, 0.29) is 16.6 Å². The number of nitrogens with one attached hydrogen (secondary N) is 1. The van der Waals surface area contributed by atoms with Gasteiger partial charge in [0.15, 0.2) is 0 Å². The third-order valence-corrected chi connectivity index (χ3v) is 5.21. The first-order valence-electron chi connectivity index (χ1n) is 9.10. The zero-order valence-electron chi connectivity index (χ0n) is 17.3. The van der Waals surface area contributed by atoms with Gasteiger partial charge in [-0.25, -0.2) is 13.1 Å². The molecule has 0 heterocycles. The van der Waals surface area contributed by atoms with E-state index < -0.39 is 16.1 Å². The van der Waals surface area contributed by atoms with E-state index in [1.165, 1.54) is 6.26 Å². The summed E-state index contributed by atoms with van der Waals surface area (Å²) in [6.07, 6.45) is 1.17. The third-order valence-electron chi connectivity index (χ3n) is 4.55. The van der Waals surface area contributed by atoms with Gasteiger partial charge < -0.3 is 5.11 Å². The quantitative estimate of drug-likeness (QED) is 0.801. The topological polar surface area (TPSA) is 66.4 Å². The van der Waals surface area contributed by atoms with Gasteiger partial charge in [-0.15, -0.1) is 0 Å². The molecule has 0 aromatic heterocycles. The molecule has 0 radical (unpaired) electrons. The van der Waals surface area contributed by atoms with Crippen molar-refractivity contribution in [1.82, 2.24) is 4.72 Å². The molecule has 2 N–H and O–H groups in total. The summed E-state index contributed by atoms with van der Waals surface area (Å²) >= 11 is 0. The number of aromatic hydroxyl groups is 1. The van der Waals surface area contributed by atoms with Gasteiger partial charge in [-0.2, -0.15) is 0 Å². The van der Waals surface area contributed by atoms with Gasteiger partial charge in [0.25, 0.3) is 0 Å². The lowest BCUT2D eigenvalue weighted by molar-refractivity contribution is 0.422. The van der Waals surface area contributed by atoms with Gasteiger partial charge in [0, 0.05) is 0 Å². The molecule has 5 heteroatoms. The monoisotopic (exact) mass is 389 g/mol. The molecule has 0 spiro atoms. The Kier molecular flexibility index (Phi) is 5.79. The standard InChI is InChI=1S/C22H31NO3S/c1-21(2,3)17-13-16(14-18(20(17)24)22(4,5)6)19(23-27(7,25)26)15-11-9-8-10-12-15/h8-14,19,23-24H,1-7H3. The molecular formula is C22H31NO3S. The molecule has 2 rings (SSSR count). The highest BCUT2D eigenvalue weighted by molar-refractivity contribution is 7.88. The van der Waals surface area contributed by atoms with Crippen molar-refractivity contribution < 1.29 is 13.5 Å². The first-order chi connectivity index (χ1) is 12.2. The second-order valence-corrected chi connectivity index (χ2v) is 11.0. The normalized spacial score (nSPS) is 14.2. The Hall–Kier alpha value is -1.85. The third kappa shape index (κ3) is 5.33. The summed E-state index contributed by atoms with van der Waals surface area (Å²) in [7, 11) is -3.44. The lowest BCUT2D eigenvalue weighted by Gasteiger charge is -2.30. The van der Waals surface area contributed by atoms with Crippen LogP contribution in [0.25, 0.3) is 0 Å². The highest BCUT2D eigenvalue weighted by Crippen LogP contribution is 2.41. The number of benzene rings is 2. The minimum Gasteiger partial charge on any atom is -0.507 e. The molecule has 0 aliphatic rings. The van der Waals surface area contributed by atoms with E-state index in [0.29, 0.717) is 0 Å². The van der Waals surface area contributed by atoms with E-state index in [1.807, 2.05) is 84.0 Å². The van der Waals surface area contributed by atoms with E-state index in [9.17, 15) is 13.5 Å². The number of rotatable bonds is 4. The van der Waals surface area contributed by atoms with Crippen molar-refractivity contribution in [3.63, 3.8) is 0 Å². The molecule has 2 aromatic carbocycles. The minimum absolute atomic E-state index is 0.282.